The lowest BCUT2D eigenvalue weighted by Gasteiger charge is -2.35. The van der Waals surface area contributed by atoms with Crippen LogP contribution in [0.5, 0.6) is 0 Å². The number of hydrogen-bond donors (Lipinski definition) is 1. The summed E-state index contributed by atoms with van der Waals surface area (Å²) in [5, 5.41) is 14.8. The number of piperidine rings is 1. The largest absolute Gasteiger partial charge is 0.389 e. The van der Waals surface area contributed by atoms with E-state index in [0.717, 1.165) is 43.9 Å². The molecule has 6 nitrogen and oxygen atoms in total. The lowest BCUT2D eigenvalue weighted by atomic mass is 9.99. The Balaban J connectivity index is 1.95. The third-order valence-corrected chi connectivity index (χ3v) is 4.68. The van der Waals surface area contributed by atoms with E-state index in [9.17, 15) is 9.90 Å². The van der Waals surface area contributed by atoms with Crippen LogP contribution in [0.1, 0.15) is 68.1 Å². The average Bonchev–Trinajstić information content (AvgIpc) is 3.02. The van der Waals surface area contributed by atoms with Crippen LogP contribution >= 0.6 is 0 Å². The molecule has 0 saturated carbocycles. The second-order valence-corrected chi connectivity index (χ2v) is 7.59. The van der Waals surface area contributed by atoms with Crippen molar-refractivity contribution in [2.75, 3.05) is 6.54 Å². The fourth-order valence-corrected chi connectivity index (χ4v) is 3.47. The van der Waals surface area contributed by atoms with E-state index < -0.39 is 5.60 Å². The molecule has 2 heterocycles. The molecule has 1 N–H and O–H groups in total. The molecule has 1 fully saturated rings. The van der Waals surface area contributed by atoms with Gasteiger partial charge in [-0.05, 0) is 45.2 Å². The van der Waals surface area contributed by atoms with Gasteiger partial charge < -0.3 is 10.0 Å². The molecule has 26 heavy (non-hydrogen) atoms. The average molecular weight is 356 g/mol. The Morgan fingerprint density at radius 2 is 2.00 bits per heavy atom. The van der Waals surface area contributed by atoms with Crippen LogP contribution in [0.3, 0.4) is 0 Å². The molecular weight excluding hydrogens is 328 g/mol. The summed E-state index contributed by atoms with van der Waals surface area (Å²) in [4.78, 5) is 19.7. The summed E-state index contributed by atoms with van der Waals surface area (Å²) < 4.78 is 1.79. The Hall–Kier alpha value is -2.21. The number of likely N-dealkylation sites (tertiary alicyclic amines) is 1. The zero-order chi connectivity index (χ0) is 18.7. The van der Waals surface area contributed by atoms with Gasteiger partial charge in [-0.1, -0.05) is 25.1 Å². The van der Waals surface area contributed by atoms with Gasteiger partial charge in [0, 0.05) is 18.5 Å². The number of carbonyl (C=O) groups excluding carboxylic acids is 1. The summed E-state index contributed by atoms with van der Waals surface area (Å²) in [5.74, 6) is 1.57. The third-order valence-electron chi connectivity index (χ3n) is 4.68. The predicted octanol–water partition coefficient (Wildman–Crippen LogP) is 2.98. The molecule has 1 aliphatic rings. The Kier molecular flexibility index (Phi) is 5.41. The van der Waals surface area contributed by atoms with E-state index in [0.29, 0.717) is 12.1 Å². The number of amides is 1. The first-order valence-corrected chi connectivity index (χ1v) is 9.41. The fourth-order valence-electron chi connectivity index (χ4n) is 3.47. The monoisotopic (exact) mass is 356 g/mol. The van der Waals surface area contributed by atoms with Crippen molar-refractivity contribution in [1.82, 2.24) is 19.7 Å². The molecule has 1 aromatic carbocycles. The molecule has 1 amide bonds. The van der Waals surface area contributed by atoms with E-state index in [-0.39, 0.29) is 11.9 Å². The summed E-state index contributed by atoms with van der Waals surface area (Å²) in [6.45, 7) is 6.62. The maximum absolute atomic E-state index is 13.1. The molecular formula is C20H28N4O2. The van der Waals surface area contributed by atoms with Crippen LogP contribution in [-0.2, 0) is 13.0 Å². The van der Waals surface area contributed by atoms with E-state index >= 15 is 0 Å². The Labute approximate surface area is 154 Å². The van der Waals surface area contributed by atoms with Crippen LogP contribution in [0.2, 0.25) is 0 Å². The molecule has 1 aliphatic heterocycles. The number of nitrogens with zero attached hydrogens (tertiary/aromatic N) is 4. The van der Waals surface area contributed by atoms with Crippen molar-refractivity contribution in [2.45, 2.75) is 64.6 Å². The normalized spacial score (nSPS) is 18.2. The Morgan fingerprint density at radius 1 is 1.27 bits per heavy atom. The van der Waals surface area contributed by atoms with E-state index in [1.54, 1.807) is 18.5 Å². The number of carbonyl (C=O) groups is 1. The highest BCUT2D eigenvalue weighted by molar-refractivity contribution is 5.94. The number of benzene rings is 1. The quantitative estimate of drug-likeness (QED) is 0.894. The van der Waals surface area contributed by atoms with Crippen LogP contribution in [0.25, 0.3) is 0 Å². The second kappa shape index (κ2) is 7.58. The SMILES string of the molecule is CCc1nc(C2CCCCN2C(=O)c2ccccc2)n(CC(C)(C)O)n1. The van der Waals surface area contributed by atoms with Gasteiger partial charge in [0.15, 0.2) is 5.82 Å². The predicted molar refractivity (Wildman–Crippen MR) is 99.8 cm³/mol. The highest BCUT2D eigenvalue weighted by Gasteiger charge is 2.33. The van der Waals surface area contributed by atoms with E-state index in [2.05, 4.69) is 5.10 Å². The highest BCUT2D eigenvalue weighted by Crippen LogP contribution is 2.32. The topological polar surface area (TPSA) is 71.2 Å². The summed E-state index contributed by atoms with van der Waals surface area (Å²) >= 11 is 0. The highest BCUT2D eigenvalue weighted by atomic mass is 16.3. The molecule has 140 valence electrons. The van der Waals surface area contributed by atoms with Gasteiger partial charge >= 0.3 is 0 Å². The van der Waals surface area contributed by atoms with Crippen molar-refractivity contribution in [3.05, 3.63) is 47.5 Å². The maximum Gasteiger partial charge on any atom is 0.254 e. The van der Waals surface area contributed by atoms with Crippen molar-refractivity contribution in [1.29, 1.82) is 0 Å². The van der Waals surface area contributed by atoms with Crippen LogP contribution in [0.4, 0.5) is 0 Å². The first-order chi connectivity index (χ1) is 12.4. The van der Waals surface area contributed by atoms with Gasteiger partial charge in [0.2, 0.25) is 0 Å². The van der Waals surface area contributed by atoms with Crippen LogP contribution in [0, 0.1) is 0 Å². The van der Waals surface area contributed by atoms with Gasteiger partial charge in [0.05, 0.1) is 18.2 Å². The second-order valence-electron chi connectivity index (χ2n) is 7.59. The molecule has 1 aromatic heterocycles. The summed E-state index contributed by atoms with van der Waals surface area (Å²) in [5.41, 5.74) is -0.195. The van der Waals surface area contributed by atoms with Crippen molar-refractivity contribution in [3.63, 3.8) is 0 Å². The first-order valence-electron chi connectivity index (χ1n) is 9.41. The van der Waals surface area contributed by atoms with E-state index in [4.69, 9.17) is 4.98 Å². The van der Waals surface area contributed by atoms with Crippen molar-refractivity contribution in [3.8, 4) is 0 Å². The van der Waals surface area contributed by atoms with Crippen LogP contribution in [0.15, 0.2) is 30.3 Å². The Bertz CT molecular complexity index is 749. The van der Waals surface area contributed by atoms with Gasteiger partial charge in [-0.3, -0.25) is 4.79 Å². The number of rotatable bonds is 5. The summed E-state index contributed by atoms with van der Waals surface area (Å²) in [6.07, 6.45) is 3.65. The number of hydrogen-bond acceptors (Lipinski definition) is 4. The minimum atomic E-state index is -0.892. The van der Waals surface area contributed by atoms with Gasteiger partial charge in [-0.25, -0.2) is 9.67 Å². The molecule has 0 radical (unpaired) electrons. The number of aromatic nitrogens is 3. The molecule has 0 spiro atoms. The van der Waals surface area contributed by atoms with Crippen molar-refractivity contribution in [2.24, 2.45) is 0 Å². The van der Waals surface area contributed by atoms with Gasteiger partial charge in [0.25, 0.3) is 5.91 Å². The third kappa shape index (κ3) is 4.12. The zero-order valence-electron chi connectivity index (χ0n) is 15.9. The van der Waals surface area contributed by atoms with Crippen molar-refractivity contribution < 1.29 is 9.90 Å². The molecule has 0 aliphatic carbocycles. The smallest absolute Gasteiger partial charge is 0.254 e. The summed E-state index contributed by atoms with van der Waals surface area (Å²) in [7, 11) is 0. The Morgan fingerprint density at radius 3 is 2.65 bits per heavy atom. The standard InChI is InChI=1S/C20H28N4O2/c1-4-17-21-18(24(22-17)14-20(2,3)26)16-12-8-9-13-23(16)19(25)15-10-6-5-7-11-15/h5-7,10-11,16,26H,4,8-9,12-14H2,1-3H3. The van der Waals surface area contributed by atoms with Gasteiger partial charge in [-0.15, -0.1) is 0 Å². The van der Waals surface area contributed by atoms with Crippen molar-refractivity contribution >= 4 is 5.91 Å². The molecule has 2 aromatic rings. The van der Waals surface area contributed by atoms with E-state index in [1.165, 1.54) is 0 Å². The molecule has 0 bridgehead atoms. The lowest BCUT2D eigenvalue weighted by Crippen LogP contribution is -2.40. The van der Waals surface area contributed by atoms with Gasteiger partial charge in [0.1, 0.15) is 5.82 Å². The molecule has 6 heteroatoms. The minimum Gasteiger partial charge on any atom is -0.389 e. The van der Waals surface area contributed by atoms with Gasteiger partial charge in [-0.2, -0.15) is 5.10 Å². The summed E-state index contributed by atoms with van der Waals surface area (Å²) in [6, 6.07) is 9.29. The molecule has 3 rings (SSSR count). The molecule has 1 saturated heterocycles. The van der Waals surface area contributed by atoms with Crippen LogP contribution in [-0.4, -0.2) is 42.8 Å². The first kappa shape index (κ1) is 18.6. The fraction of sp³-hybridized carbons (Fsp3) is 0.550. The van der Waals surface area contributed by atoms with E-state index in [1.807, 2.05) is 42.2 Å². The molecule has 1 atom stereocenters. The zero-order valence-corrected chi connectivity index (χ0v) is 15.9. The lowest BCUT2D eigenvalue weighted by molar-refractivity contribution is 0.0490. The maximum atomic E-state index is 13.1. The number of aryl methyl sites for hydroxylation is 1. The minimum absolute atomic E-state index is 0.0335. The molecule has 1 unspecified atom stereocenters. The van der Waals surface area contributed by atoms with Crippen LogP contribution < -0.4 is 0 Å². The number of aliphatic hydroxyl groups is 1.